The van der Waals surface area contributed by atoms with Crippen LogP contribution < -0.4 is 5.32 Å². The number of aryl methyl sites for hydroxylation is 1. The number of benzene rings is 1. The molecular formula is C23H25BrF3N5O3S. The molecule has 1 aliphatic heterocycles. The summed E-state index contributed by atoms with van der Waals surface area (Å²) in [4.78, 5) is 16.8. The van der Waals surface area contributed by atoms with Crippen LogP contribution in [0.3, 0.4) is 0 Å². The standard InChI is InChI=1S/C23H25BrF3N5O3S/c1-3-36(34,35)32-8-6-15(7-9-32)12-31-13-20(14(2)30-31)29-22(33)18-11-21(23(25,26)27)28-19-5-4-16(24)10-17(18)19/h4-5,10-11,13,15H,3,6-9,12H2,1-2H3,(H,29,33). The van der Waals surface area contributed by atoms with Crippen LogP contribution in [0.5, 0.6) is 0 Å². The third-order valence-electron chi connectivity index (χ3n) is 6.28. The Hall–Kier alpha value is -2.51. The van der Waals surface area contributed by atoms with Crippen molar-refractivity contribution in [2.75, 3.05) is 24.2 Å². The van der Waals surface area contributed by atoms with Crippen molar-refractivity contribution in [1.29, 1.82) is 0 Å². The Morgan fingerprint density at radius 1 is 1.22 bits per heavy atom. The monoisotopic (exact) mass is 587 g/mol. The summed E-state index contributed by atoms with van der Waals surface area (Å²) in [6, 6.07) is 5.29. The molecule has 1 aromatic carbocycles. The summed E-state index contributed by atoms with van der Waals surface area (Å²) in [7, 11) is -3.21. The molecule has 194 valence electrons. The number of piperidine rings is 1. The normalized spacial score (nSPS) is 15.9. The minimum atomic E-state index is -4.71. The SMILES string of the molecule is CCS(=O)(=O)N1CCC(Cn2cc(NC(=O)c3cc(C(F)(F)F)nc4ccc(Br)cc34)c(C)n2)CC1. The number of hydrogen-bond donors (Lipinski definition) is 1. The van der Waals surface area contributed by atoms with Gasteiger partial charge in [-0.3, -0.25) is 9.48 Å². The van der Waals surface area contributed by atoms with Crippen molar-refractivity contribution >= 4 is 48.5 Å². The third-order valence-corrected chi connectivity index (χ3v) is 8.65. The number of sulfonamides is 1. The number of carbonyl (C=O) groups excluding carboxylic acids is 1. The molecule has 0 bridgehead atoms. The number of aromatic nitrogens is 3. The summed E-state index contributed by atoms with van der Waals surface area (Å²) in [5, 5.41) is 7.41. The van der Waals surface area contributed by atoms with Crippen molar-refractivity contribution < 1.29 is 26.4 Å². The van der Waals surface area contributed by atoms with E-state index in [1.54, 1.807) is 36.9 Å². The minimum absolute atomic E-state index is 0.0574. The topological polar surface area (TPSA) is 97.2 Å². The zero-order valence-corrected chi connectivity index (χ0v) is 22.0. The molecule has 0 atom stereocenters. The van der Waals surface area contributed by atoms with Gasteiger partial charge in [0, 0.05) is 35.7 Å². The maximum Gasteiger partial charge on any atom is 0.433 e. The Labute approximate surface area is 215 Å². The smallest absolute Gasteiger partial charge is 0.319 e. The number of amides is 1. The number of nitrogens with zero attached hydrogens (tertiary/aromatic N) is 4. The average Bonchev–Trinajstić information content (AvgIpc) is 3.16. The summed E-state index contributed by atoms with van der Waals surface area (Å²) >= 11 is 3.29. The Bertz CT molecular complexity index is 1400. The van der Waals surface area contributed by atoms with Crippen LogP contribution in [-0.4, -0.2) is 52.2 Å². The molecule has 1 aliphatic rings. The van der Waals surface area contributed by atoms with Crippen molar-refractivity contribution in [3.05, 3.63) is 51.9 Å². The lowest BCUT2D eigenvalue weighted by Gasteiger charge is -2.30. The number of fused-ring (bicyclic) bond motifs is 1. The molecule has 0 unspecified atom stereocenters. The fourth-order valence-corrected chi connectivity index (χ4v) is 5.77. The number of alkyl halides is 3. The van der Waals surface area contributed by atoms with Crippen LogP contribution in [-0.2, 0) is 22.7 Å². The molecule has 3 heterocycles. The van der Waals surface area contributed by atoms with Crippen LogP contribution in [0.25, 0.3) is 10.9 Å². The van der Waals surface area contributed by atoms with Gasteiger partial charge in [0.2, 0.25) is 10.0 Å². The van der Waals surface area contributed by atoms with Gasteiger partial charge in [-0.05, 0) is 56.9 Å². The van der Waals surface area contributed by atoms with Crippen molar-refractivity contribution in [2.45, 2.75) is 39.4 Å². The molecule has 36 heavy (non-hydrogen) atoms. The molecular weight excluding hydrogens is 563 g/mol. The van der Waals surface area contributed by atoms with E-state index in [1.165, 1.54) is 10.4 Å². The average molecular weight is 588 g/mol. The Morgan fingerprint density at radius 3 is 2.56 bits per heavy atom. The molecule has 2 aromatic heterocycles. The first-order valence-corrected chi connectivity index (χ1v) is 13.8. The van der Waals surface area contributed by atoms with Gasteiger partial charge < -0.3 is 5.32 Å². The van der Waals surface area contributed by atoms with E-state index in [-0.39, 0.29) is 28.1 Å². The van der Waals surface area contributed by atoms with E-state index in [0.29, 0.717) is 48.3 Å². The van der Waals surface area contributed by atoms with Gasteiger partial charge in [0.15, 0.2) is 0 Å². The van der Waals surface area contributed by atoms with E-state index in [2.05, 4.69) is 31.3 Å². The van der Waals surface area contributed by atoms with E-state index < -0.39 is 27.8 Å². The quantitative estimate of drug-likeness (QED) is 0.445. The highest BCUT2D eigenvalue weighted by molar-refractivity contribution is 9.10. The summed E-state index contributed by atoms with van der Waals surface area (Å²) < 4.78 is 68.2. The fourth-order valence-electron chi connectivity index (χ4n) is 4.27. The van der Waals surface area contributed by atoms with Gasteiger partial charge in [-0.2, -0.15) is 18.3 Å². The molecule has 0 saturated carbocycles. The van der Waals surface area contributed by atoms with Crippen LogP contribution in [0, 0.1) is 12.8 Å². The number of halogens is 4. The van der Waals surface area contributed by atoms with Crippen LogP contribution in [0.2, 0.25) is 0 Å². The van der Waals surface area contributed by atoms with Gasteiger partial charge >= 0.3 is 6.18 Å². The van der Waals surface area contributed by atoms with Crippen molar-refractivity contribution in [3.63, 3.8) is 0 Å². The van der Waals surface area contributed by atoms with E-state index >= 15 is 0 Å². The second-order valence-electron chi connectivity index (χ2n) is 8.76. The maximum absolute atomic E-state index is 13.4. The zero-order chi connectivity index (χ0) is 26.3. The Kier molecular flexibility index (Phi) is 7.45. The number of pyridine rings is 1. The number of carbonyl (C=O) groups is 1. The summed E-state index contributed by atoms with van der Waals surface area (Å²) in [5.41, 5.74) is -0.330. The highest BCUT2D eigenvalue weighted by Gasteiger charge is 2.34. The van der Waals surface area contributed by atoms with Gasteiger partial charge in [-0.25, -0.2) is 17.7 Å². The first-order valence-electron chi connectivity index (χ1n) is 11.4. The summed E-state index contributed by atoms with van der Waals surface area (Å²) in [6.45, 7) is 4.78. The highest BCUT2D eigenvalue weighted by atomic mass is 79.9. The lowest BCUT2D eigenvalue weighted by molar-refractivity contribution is -0.140. The van der Waals surface area contributed by atoms with Gasteiger partial charge in [-0.15, -0.1) is 0 Å². The molecule has 0 radical (unpaired) electrons. The molecule has 0 aliphatic carbocycles. The van der Waals surface area contributed by atoms with E-state index in [0.717, 1.165) is 6.07 Å². The van der Waals surface area contributed by atoms with E-state index in [4.69, 9.17) is 0 Å². The third kappa shape index (κ3) is 5.73. The predicted octanol–water partition coefficient (Wildman–Crippen LogP) is 4.84. The van der Waals surface area contributed by atoms with Crippen molar-refractivity contribution in [3.8, 4) is 0 Å². The number of rotatable bonds is 6. The summed E-state index contributed by atoms with van der Waals surface area (Å²) in [6.07, 6.45) is -1.68. The number of hydrogen-bond acceptors (Lipinski definition) is 5. The predicted molar refractivity (Wildman–Crippen MR) is 133 cm³/mol. The first-order chi connectivity index (χ1) is 16.9. The molecule has 0 spiro atoms. The van der Waals surface area contributed by atoms with Crippen LogP contribution >= 0.6 is 15.9 Å². The Morgan fingerprint density at radius 2 is 1.92 bits per heavy atom. The van der Waals surface area contributed by atoms with Gasteiger partial charge in [0.25, 0.3) is 5.91 Å². The largest absolute Gasteiger partial charge is 0.433 e. The second-order valence-corrected chi connectivity index (χ2v) is 11.9. The molecule has 1 N–H and O–H groups in total. The van der Waals surface area contributed by atoms with Crippen LogP contribution in [0.4, 0.5) is 18.9 Å². The second kappa shape index (κ2) is 10.1. The number of nitrogens with one attached hydrogen (secondary N) is 1. The molecule has 8 nitrogen and oxygen atoms in total. The van der Waals surface area contributed by atoms with Gasteiger partial charge in [0.1, 0.15) is 5.69 Å². The first kappa shape index (κ1) is 26.6. The fraction of sp³-hybridized carbons (Fsp3) is 0.435. The molecule has 4 rings (SSSR count). The lowest BCUT2D eigenvalue weighted by atomic mass is 9.98. The van der Waals surface area contributed by atoms with Crippen LogP contribution in [0.15, 0.2) is 34.9 Å². The van der Waals surface area contributed by atoms with Crippen LogP contribution in [0.1, 0.15) is 41.5 Å². The van der Waals surface area contributed by atoms with Gasteiger partial charge in [-0.1, -0.05) is 15.9 Å². The minimum Gasteiger partial charge on any atom is -0.319 e. The summed E-state index contributed by atoms with van der Waals surface area (Å²) in [5.74, 6) is -0.411. The highest BCUT2D eigenvalue weighted by Crippen LogP contribution is 2.32. The number of anilines is 1. The lowest BCUT2D eigenvalue weighted by Crippen LogP contribution is -2.40. The Balaban J connectivity index is 1.52. The van der Waals surface area contributed by atoms with Crippen molar-refractivity contribution in [2.24, 2.45) is 5.92 Å². The molecule has 13 heteroatoms. The molecule has 3 aromatic rings. The molecule has 1 saturated heterocycles. The maximum atomic E-state index is 13.4. The zero-order valence-electron chi connectivity index (χ0n) is 19.6. The van der Waals surface area contributed by atoms with Gasteiger partial charge in [0.05, 0.1) is 28.2 Å². The van der Waals surface area contributed by atoms with Crippen molar-refractivity contribution in [1.82, 2.24) is 19.1 Å². The van der Waals surface area contributed by atoms with E-state index in [9.17, 15) is 26.4 Å². The molecule has 1 fully saturated rings. The molecule has 1 amide bonds. The van der Waals surface area contributed by atoms with E-state index in [1.807, 2.05) is 0 Å².